The first-order valence-corrected chi connectivity index (χ1v) is 12.0. The Morgan fingerprint density at radius 3 is 2.07 bits per heavy atom. The zero-order chi connectivity index (χ0) is 19.8. The molecule has 0 radical (unpaired) electrons. The SMILES string of the molecule is CCCCCCCC[C@H]1CC[C@H](C2CCC(c3cnc(F)c(F)c3)CC2)CC1. The molecule has 1 nitrogen and oxygen atoms in total. The fourth-order valence-corrected chi connectivity index (χ4v) is 5.74. The number of unbranched alkanes of at least 4 members (excludes halogenated alkanes) is 5. The summed E-state index contributed by atoms with van der Waals surface area (Å²) in [6, 6.07) is 1.36. The molecule has 2 saturated carbocycles. The maximum absolute atomic E-state index is 13.5. The average Bonchev–Trinajstić information content (AvgIpc) is 2.73. The van der Waals surface area contributed by atoms with Gasteiger partial charge in [0.05, 0.1) is 0 Å². The first-order valence-electron chi connectivity index (χ1n) is 12.0. The van der Waals surface area contributed by atoms with Crippen molar-refractivity contribution in [1.82, 2.24) is 4.98 Å². The molecule has 0 bridgehead atoms. The van der Waals surface area contributed by atoms with Gasteiger partial charge < -0.3 is 0 Å². The molecule has 2 fully saturated rings. The molecule has 2 aliphatic carbocycles. The number of pyridine rings is 1. The molecule has 0 saturated heterocycles. The van der Waals surface area contributed by atoms with E-state index in [1.54, 1.807) is 0 Å². The zero-order valence-corrected chi connectivity index (χ0v) is 17.8. The lowest BCUT2D eigenvalue weighted by molar-refractivity contribution is 0.155. The summed E-state index contributed by atoms with van der Waals surface area (Å²) in [7, 11) is 0. The number of nitrogens with zero attached hydrogens (tertiary/aromatic N) is 1. The molecule has 0 unspecified atom stereocenters. The molecule has 0 spiro atoms. The van der Waals surface area contributed by atoms with Gasteiger partial charge in [0.15, 0.2) is 5.82 Å². The quantitative estimate of drug-likeness (QED) is 0.305. The molecule has 3 rings (SSSR count). The number of rotatable bonds is 9. The second-order valence-corrected chi connectivity index (χ2v) is 9.49. The van der Waals surface area contributed by atoms with Gasteiger partial charge in [0.1, 0.15) is 0 Å². The largest absolute Gasteiger partial charge is 0.248 e. The predicted molar refractivity (Wildman–Crippen MR) is 112 cm³/mol. The molecule has 1 heterocycles. The van der Waals surface area contributed by atoms with Crippen LogP contribution in [0, 0.1) is 29.5 Å². The van der Waals surface area contributed by atoms with Gasteiger partial charge in [0, 0.05) is 6.20 Å². The van der Waals surface area contributed by atoms with Gasteiger partial charge in [0.2, 0.25) is 5.95 Å². The van der Waals surface area contributed by atoms with Gasteiger partial charge in [-0.1, -0.05) is 64.7 Å². The summed E-state index contributed by atoms with van der Waals surface area (Å²) in [6.07, 6.45) is 21.9. The summed E-state index contributed by atoms with van der Waals surface area (Å²) in [4.78, 5) is 3.57. The Hall–Kier alpha value is -0.990. The van der Waals surface area contributed by atoms with Crippen molar-refractivity contribution in [2.45, 2.75) is 109 Å². The molecule has 158 valence electrons. The Bertz CT molecular complexity index is 572. The molecule has 2 aliphatic rings. The van der Waals surface area contributed by atoms with E-state index in [-0.39, 0.29) is 0 Å². The van der Waals surface area contributed by atoms with E-state index in [0.29, 0.717) is 5.92 Å². The minimum Gasteiger partial charge on any atom is -0.225 e. The minimum atomic E-state index is -0.977. The zero-order valence-electron chi connectivity index (χ0n) is 17.8. The monoisotopic (exact) mass is 391 g/mol. The van der Waals surface area contributed by atoms with Crippen LogP contribution in [0.15, 0.2) is 12.3 Å². The smallest absolute Gasteiger partial charge is 0.225 e. The molecule has 1 aromatic heterocycles. The minimum absolute atomic E-state index is 0.364. The van der Waals surface area contributed by atoms with E-state index in [1.165, 1.54) is 95.7 Å². The fourth-order valence-electron chi connectivity index (χ4n) is 5.74. The summed E-state index contributed by atoms with van der Waals surface area (Å²) in [5, 5.41) is 0. The highest BCUT2D eigenvalue weighted by atomic mass is 19.2. The fraction of sp³-hybridized carbons (Fsp3) is 0.800. The lowest BCUT2D eigenvalue weighted by atomic mass is 9.68. The van der Waals surface area contributed by atoms with Crippen LogP contribution >= 0.6 is 0 Å². The summed E-state index contributed by atoms with van der Waals surface area (Å²) < 4.78 is 26.5. The van der Waals surface area contributed by atoms with Crippen molar-refractivity contribution in [2.75, 3.05) is 0 Å². The van der Waals surface area contributed by atoms with Crippen LogP contribution in [0.5, 0.6) is 0 Å². The van der Waals surface area contributed by atoms with Gasteiger partial charge in [-0.25, -0.2) is 9.37 Å². The van der Waals surface area contributed by atoms with Gasteiger partial charge >= 0.3 is 0 Å². The molecule has 0 aliphatic heterocycles. The highest BCUT2D eigenvalue weighted by Crippen LogP contribution is 2.44. The van der Waals surface area contributed by atoms with E-state index in [9.17, 15) is 8.78 Å². The Morgan fingerprint density at radius 2 is 1.43 bits per heavy atom. The first-order chi connectivity index (χ1) is 13.7. The maximum atomic E-state index is 13.5. The van der Waals surface area contributed by atoms with Crippen molar-refractivity contribution >= 4 is 0 Å². The van der Waals surface area contributed by atoms with E-state index >= 15 is 0 Å². The number of hydrogen-bond donors (Lipinski definition) is 0. The van der Waals surface area contributed by atoms with Gasteiger partial charge in [-0.05, 0) is 73.8 Å². The topological polar surface area (TPSA) is 12.9 Å². The van der Waals surface area contributed by atoms with Crippen molar-refractivity contribution in [1.29, 1.82) is 0 Å². The number of hydrogen-bond acceptors (Lipinski definition) is 1. The summed E-state index contributed by atoms with van der Waals surface area (Å²) in [5.74, 6) is 1.32. The second kappa shape index (κ2) is 11.3. The standard InChI is InChI=1S/C25H39F2N/c1-2-3-4-5-6-7-8-19-9-11-20(12-10-19)21-13-15-22(16-14-21)23-17-24(26)25(27)28-18-23/h17-22H,2-16H2,1H3/t19-,20-,21?,22?. The highest BCUT2D eigenvalue weighted by Gasteiger charge is 2.31. The maximum Gasteiger partial charge on any atom is 0.248 e. The third-order valence-corrected chi connectivity index (χ3v) is 7.58. The second-order valence-electron chi connectivity index (χ2n) is 9.49. The third kappa shape index (κ3) is 6.26. The van der Waals surface area contributed by atoms with Crippen molar-refractivity contribution < 1.29 is 8.78 Å². The molecule has 1 aromatic rings. The van der Waals surface area contributed by atoms with Crippen LogP contribution in [0.25, 0.3) is 0 Å². The van der Waals surface area contributed by atoms with E-state index in [1.807, 2.05) is 0 Å². The lowest BCUT2D eigenvalue weighted by Gasteiger charge is -2.38. The van der Waals surface area contributed by atoms with Crippen molar-refractivity contribution in [2.24, 2.45) is 17.8 Å². The Balaban J connectivity index is 1.33. The Labute approximate surface area is 170 Å². The van der Waals surface area contributed by atoms with Crippen LogP contribution in [0.4, 0.5) is 8.78 Å². The van der Waals surface area contributed by atoms with Crippen LogP contribution in [0.3, 0.4) is 0 Å². The van der Waals surface area contributed by atoms with Gasteiger partial charge in [-0.2, -0.15) is 4.39 Å². The Morgan fingerprint density at radius 1 is 0.821 bits per heavy atom. The van der Waals surface area contributed by atoms with Crippen LogP contribution in [-0.2, 0) is 0 Å². The third-order valence-electron chi connectivity index (χ3n) is 7.58. The van der Waals surface area contributed by atoms with Crippen molar-refractivity contribution in [3.63, 3.8) is 0 Å². The Kier molecular flexibility index (Phi) is 8.73. The number of aromatic nitrogens is 1. The van der Waals surface area contributed by atoms with Crippen molar-refractivity contribution in [3.8, 4) is 0 Å². The molecule has 0 atom stereocenters. The van der Waals surface area contributed by atoms with Crippen LogP contribution < -0.4 is 0 Å². The summed E-state index contributed by atoms with van der Waals surface area (Å²) >= 11 is 0. The normalized spacial score (nSPS) is 28.4. The lowest BCUT2D eigenvalue weighted by Crippen LogP contribution is -2.25. The number of halogens is 2. The highest BCUT2D eigenvalue weighted by molar-refractivity contribution is 5.17. The molecular formula is C25H39F2N. The first kappa shape index (κ1) is 21.7. The predicted octanol–water partition coefficient (Wildman–Crippen LogP) is 8.19. The van der Waals surface area contributed by atoms with Gasteiger partial charge in [-0.3, -0.25) is 0 Å². The molecule has 28 heavy (non-hydrogen) atoms. The molecule has 0 amide bonds. The van der Waals surface area contributed by atoms with E-state index in [0.717, 1.165) is 36.2 Å². The van der Waals surface area contributed by atoms with E-state index in [2.05, 4.69) is 11.9 Å². The molecule has 0 aromatic carbocycles. The molecule has 3 heteroatoms. The molecular weight excluding hydrogens is 352 g/mol. The van der Waals surface area contributed by atoms with E-state index in [4.69, 9.17) is 0 Å². The van der Waals surface area contributed by atoms with Crippen LogP contribution in [0.1, 0.15) is 115 Å². The van der Waals surface area contributed by atoms with Crippen LogP contribution in [-0.4, -0.2) is 4.98 Å². The summed E-state index contributed by atoms with van der Waals surface area (Å²) in [5.41, 5.74) is 0.889. The summed E-state index contributed by atoms with van der Waals surface area (Å²) in [6.45, 7) is 2.28. The van der Waals surface area contributed by atoms with Crippen molar-refractivity contribution in [3.05, 3.63) is 29.6 Å². The van der Waals surface area contributed by atoms with Crippen LogP contribution in [0.2, 0.25) is 0 Å². The van der Waals surface area contributed by atoms with Gasteiger partial charge in [0.25, 0.3) is 0 Å². The average molecular weight is 392 g/mol. The van der Waals surface area contributed by atoms with E-state index < -0.39 is 11.8 Å². The van der Waals surface area contributed by atoms with Gasteiger partial charge in [-0.15, -0.1) is 0 Å². The molecule has 0 N–H and O–H groups in total.